The van der Waals surface area contributed by atoms with Gasteiger partial charge in [-0.25, -0.2) is 0 Å². The molecular weight excluding hydrogens is 258 g/mol. The van der Waals surface area contributed by atoms with E-state index < -0.39 is 0 Å². The van der Waals surface area contributed by atoms with Crippen LogP contribution in [0, 0.1) is 6.92 Å². The highest BCUT2D eigenvalue weighted by molar-refractivity contribution is 5.81. The van der Waals surface area contributed by atoms with Crippen LogP contribution in [-0.4, -0.2) is 19.0 Å². The molecule has 0 bridgehead atoms. The summed E-state index contributed by atoms with van der Waals surface area (Å²) in [6.45, 7) is 4.01. The highest BCUT2D eigenvalue weighted by Crippen LogP contribution is 2.22. The van der Waals surface area contributed by atoms with Crippen molar-refractivity contribution in [3.8, 4) is 0 Å². The average molecular weight is 279 g/mol. The molecule has 0 saturated carbocycles. The Morgan fingerprint density at radius 3 is 2.57 bits per heavy atom. The maximum absolute atomic E-state index is 4.54. The van der Waals surface area contributed by atoms with Crippen molar-refractivity contribution in [1.29, 1.82) is 0 Å². The molecule has 1 aliphatic rings. The van der Waals surface area contributed by atoms with Crippen molar-refractivity contribution in [2.75, 3.05) is 13.1 Å². The molecule has 0 fully saturated rings. The second-order valence-corrected chi connectivity index (χ2v) is 5.41. The van der Waals surface area contributed by atoms with Crippen LogP contribution in [0.5, 0.6) is 0 Å². The summed E-state index contributed by atoms with van der Waals surface area (Å²) in [5.74, 6) is 0.900. The summed E-state index contributed by atoms with van der Waals surface area (Å²) in [5, 5.41) is 6.90. The summed E-state index contributed by atoms with van der Waals surface area (Å²) >= 11 is 0. The number of guanidine groups is 1. The first-order valence-electron chi connectivity index (χ1n) is 7.49. The summed E-state index contributed by atoms with van der Waals surface area (Å²) in [6.07, 6.45) is 1.10. The molecule has 3 rings (SSSR count). The summed E-state index contributed by atoms with van der Waals surface area (Å²) in [6, 6.07) is 19.3. The van der Waals surface area contributed by atoms with E-state index in [1.165, 1.54) is 16.7 Å². The van der Waals surface area contributed by atoms with Gasteiger partial charge in [-0.2, -0.15) is 0 Å². The van der Waals surface area contributed by atoms with Crippen molar-refractivity contribution in [2.24, 2.45) is 4.99 Å². The second kappa shape index (κ2) is 6.44. The third-order valence-corrected chi connectivity index (χ3v) is 3.69. The third kappa shape index (κ3) is 3.43. The normalized spacial score (nSPS) is 15.8. The first-order valence-corrected chi connectivity index (χ1v) is 7.49. The smallest absolute Gasteiger partial charge is 0.192 e. The molecule has 0 aromatic heterocycles. The number of nitrogens with one attached hydrogen (secondary N) is 2. The quantitative estimate of drug-likeness (QED) is 0.906. The van der Waals surface area contributed by atoms with Crippen molar-refractivity contribution >= 4 is 5.96 Å². The molecule has 3 nitrogen and oxygen atoms in total. The van der Waals surface area contributed by atoms with E-state index in [0.29, 0.717) is 0 Å². The molecule has 1 atom stereocenters. The molecule has 0 aliphatic carbocycles. The fraction of sp³-hybridized carbons (Fsp3) is 0.278. The highest BCUT2D eigenvalue weighted by atomic mass is 15.2. The van der Waals surface area contributed by atoms with Crippen LogP contribution >= 0.6 is 0 Å². The van der Waals surface area contributed by atoms with Gasteiger partial charge in [0.15, 0.2) is 5.96 Å². The molecule has 1 aliphatic heterocycles. The Kier molecular flexibility index (Phi) is 4.20. The van der Waals surface area contributed by atoms with Crippen LogP contribution < -0.4 is 10.6 Å². The Labute approximate surface area is 126 Å². The number of aryl methyl sites for hydroxylation is 1. The summed E-state index contributed by atoms with van der Waals surface area (Å²) in [5.41, 5.74) is 3.78. The van der Waals surface area contributed by atoms with Crippen molar-refractivity contribution < 1.29 is 0 Å². The summed E-state index contributed by atoms with van der Waals surface area (Å²) < 4.78 is 0. The van der Waals surface area contributed by atoms with Gasteiger partial charge >= 0.3 is 0 Å². The van der Waals surface area contributed by atoms with E-state index in [9.17, 15) is 0 Å². The standard InChI is InChI=1S/C18H21N3/c1-14-7-5-10-16(13-14)17(15-8-3-2-4-9-15)21-18-19-11-6-12-20-18/h2-5,7-10,13,17H,6,11-12H2,1H3,(H2,19,20,21). The van der Waals surface area contributed by atoms with E-state index in [4.69, 9.17) is 0 Å². The summed E-state index contributed by atoms with van der Waals surface area (Å²) in [4.78, 5) is 4.54. The molecule has 1 heterocycles. The molecule has 2 aromatic rings. The van der Waals surface area contributed by atoms with Gasteiger partial charge in [0.2, 0.25) is 0 Å². The topological polar surface area (TPSA) is 36.4 Å². The largest absolute Gasteiger partial charge is 0.356 e. The SMILES string of the molecule is Cc1cccc(C(NC2=NCCCN2)c2ccccc2)c1. The number of hydrogen-bond acceptors (Lipinski definition) is 3. The minimum Gasteiger partial charge on any atom is -0.356 e. The van der Waals surface area contributed by atoms with Gasteiger partial charge in [0.1, 0.15) is 0 Å². The van der Waals surface area contributed by atoms with E-state index in [-0.39, 0.29) is 6.04 Å². The number of aliphatic imine (C=N–C) groups is 1. The Balaban J connectivity index is 1.93. The Hall–Kier alpha value is -2.29. The van der Waals surface area contributed by atoms with Gasteiger partial charge in [0, 0.05) is 13.1 Å². The molecular formula is C18H21N3. The third-order valence-electron chi connectivity index (χ3n) is 3.69. The predicted octanol–water partition coefficient (Wildman–Crippen LogP) is 3.02. The minimum absolute atomic E-state index is 0.121. The molecule has 1 unspecified atom stereocenters. The molecule has 2 N–H and O–H groups in total. The second-order valence-electron chi connectivity index (χ2n) is 5.41. The van der Waals surface area contributed by atoms with E-state index in [1.807, 2.05) is 6.07 Å². The lowest BCUT2D eigenvalue weighted by molar-refractivity contribution is 0.668. The van der Waals surface area contributed by atoms with E-state index >= 15 is 0 Å². The number of benzene rings is 2. The maximum atomic E-state index is 4.54. The molecule has 0 radical (unpaired) electrons. The van der Waals surface area contributed by atoms with Crippen LogP contribution in [0.3, 0.4) is 0 Å². The van der Waals surface area contributed by atoms with E-state index in [0.717, 1.165) is 25.5 Å². The number of nitrogens with zero attached hydrogens (tertiary/aromatic N) is 1. The number of rotatable bonds is 3. The molecule has 2 aromatic carbocycles. The lowest BCUT2D eigenvalue weighted by atomic mass is 9.97. The van der Waals surface area contributed by atoms with Crippen LogP contribution in [0.4, 0.5) is 0 Å². The average Bonchev–Trinajstić information content (AvgIpc) is 2.54. The minimum atomic E-state index is 0.121. The van der Waals surface area contributed by atoms with Gasteiger partial charge in [-0.15, -0.1) is 0 Å². The lowest BCUT2D eigenvalue weighted by Crippen LogP contribution is -2.42. The van der Waals surface area contributed by atoms with E-state index in [2.05, 4.69) is 71.1 Å². The Morgan fingerprint density at radius 1 is 1.05 bits per heavy atom. The molecule has 3 heteroatoms. The molecule has 108 valence electrons. The predicted molar refractivity (Wildman–Crippen MR) is 87.5 cm³/mol. The Morgan fingerprint density at radius 2 is 1.86 bits per heavy atom. The van der Waals surface area contributed by atoms with Crippen LogP contribution in [0.2, 0.25) is 0 Å². The zero-order valence-electron chi connectivity index (χ0n) is 12.3. The van der Waals surface area contributed by atoms with Gasteiger partial charge in [0.25, 0.3) is 0 Å². The van der Waals surface area contributed by atoms with Gasteiger partial charge < -0.3 is 10.6 Å². The van der Waals surface area contributed by atoms with Gasteiger partial charge in [-0.05, 0) is 24.5 Å². The lowest BCUT2D eigenvalue weighted by Gasteiger charge is -2.24. The van der Waals surface area contributed by atoms with Crippen LogP contribution in [-0.2, 0) is 0 Å². The molecule has 0 saturated heterocycles. The van der Waals surface area contributed by atoms with Crippen molar-refractivity contribution in [1.82, 2.24) is 10.6 Å². The van der Waals surface area contributed by atoms with Gasteiger partial charge in [-0.1, -0.05) is 60.2 Å². The van der Waals surface area contributed by atoms with Crippen LogP contribution in [0.1, 0.15) is 29.2 Å². The first kappa shape index (κ1) is 13.7. The fourth-order valence-corrected chi connectivity index (χ4v) is 2.62. The monoisotopic (exact) mass is 279 g/mol. The first-order chi connectivity index (χ1) is 10.3. The van der Waals surface area contributed by atoms with Crippen molar-refractivity contribution in [3.63, 3.8) is 0 Å². The highest BCUT2D eigenvalue weighted by Gasteiger charge is 2.16. The summed E-state index contributed by atoms with van der Waals surface area (Å²) in [7, 11) is 0. The van der Waals surface area contributed by atoms with Gasteiger partial charge in [0.05, 0.1) is 6.04 Å². The fourth-order valence-electron chi connectivity index (χ4n) is 2.62. The zero-order chi connectivity index (χ0) is 14.5. The van der Waals surface area contributed by atoms with Crippen LogP contribution in [0.15, 0.2) is 59.6 Å². The number of hydrogen-bond donors (Lipinski definition) is 2. The van der Waals surface area contributed by atoms with Gasteiger partial charge in [-0.3, -0.25) is 4.99 Å². The maximum Gasteiger partial charge on any atom is 0.192 e. The van der Waals surface area contributed by atoms with Crippen LogP contribution in [0.25, 0.3) is 0 Å². The van der Waals surface area contributed by atoms with E-state index in [1.54, 1.807) is 0 Å². The molecule has 21 heavy (non-hydrogen) atoms. The molecule has 0 amide bonds. The van der Waals surface area contributed by atoms with Crippen molar-refractivity contribution in [2.45, 2.75) is 19.4 Å². The van der Waals surface area contributed by atoms with Crippen molar-refractivity contribution in [3.05, 3.63) is 71.3 Å². The zero-order valence-corrected chi connectivity index (χ0v) is 12.3. The Bertz CT molecular complexity index is 619. The molecule has 0 spiro atoms.